The summed E-state index contributed by atoms with van der Waals surface area (Å²) < 4.78 is 0. The van der Waals surface area contributed by atoms with Gasteiger partial charge < -0.3 is 10.6 Å². The first kappa shape index (κ1) is 15.4. The summed E-state index contributed by atoms with van der Waals surface area (Å²) in [4.78, 5) is 25.0. The lowest BCUT2D eigenvalue weighted by Crippen LogP contribution is -2.51. The number of likely N-dealkylation sites (tertiary alicyclic amines) is 1. The minimum atomic E-state index is -0.453. The Morgan fingerprint density at radius 1 is 1.48 bits per heavy atom. The lowest BCUT2D eigenvalue weighted by Gasteiger charge is -2.38. The second-order valence-corrected chi connectivity index (χ2v) is 5.68. The summed E-state index contributed by atoms with van der Waals surface area (Å²) in [5.74, 6) is -0.167. The number of nitrogens with zero attached hydrogens (tertiary/aromatic N) is 2. The molecule has 1 fully saturated rings. The molecule has 1 amide bonds. The number of hydrogen-bond donors (Lipinski definition) is 1. The minimum absolute atomic E-state index is 0.00612. The van der Waals surface area contributed by atoms with Crippen molar-refractivity contribution < 1.29 is 9.72 Å². The van der Waals surface area contributed by atoms with Gasteiger partial charge in [-0.05, 0) is 39.2 Å². The molecule has 0 aliphatic carbocycles. The van der Waals surface area contributed by atoms with E-state index in [1.807, 2.05) is 6.92 Å². The second kappa shape index (κ2) is 6.22. The number of aryl methyl sites for hydroxylation is 1. The molecule has 0 saturated carbocycles. The average Bonchev–Trinajstić information content (AvgIpc) is 2.46. The molecule has 0 aromatic heterocycles. The van der Waals surface area contributed by atoms with Crippen molar-refractivity contribution in [2.45, 2.75) is 45.2 Å². The zero-order valence-electron chi connectivity index (χ0n) is 12.4. The summed E-state index contributed by atoms with van der Waals surface area (Å²) in [6.45, 7) is 4.22. The van der Waals surface area contributed by atoms with E-state index in [9.17, 15) is 14.9 Å². The Morgan fingerprint density at radius 3 is 2.81 bits per heavy atom. The molecule has 1 heterocycles. The molecule has 2 rings (SSSR count). The van der Waals surface area contributed by atoms with E-state index < -0.39 is 4.92 Å². The van der Waals surface area contributed by atoms with Crippen LogP contribution >= 0.6 is 0 Å². The average molecular weight is 291 g/mol. The normalized spacial score (nSPS) is 20.1. The predicted molar refractivity (Wildman–Crippen MR) is 80.2 cm³/mol. The molecule has 114 valence electrons. The number of carbonyl (C=O) groups is 1. The van der Waals surface area contributed by atoms with Crippen LogP contribution in [0.1, 0.15) is 42.1 Å². The van der Waals surface area contributed by atoms with E-state index in [-0.39, 0.29) is 23.7 Å². The smallest absolute Gasteiger partial charge is 0.273 e. The fourth-order valence-electron chi connectivity index (χ4n) is 2.86. The number of piperidine rings is 1. The predicted octanol–water partition coefficient (Wildman–Crippen LogP) is 2.25. The first-order valence-corrected chi connectivity index (χ1v) is 7.23. The summed E-state index contributed by atoms with van der Waals surface area (Å²) in [6, 6.07) is 4.54. The van der Waals surface area contributed by atoms with E-state index in [2.05, 4.69) is 0 Å². The first-order valence-electron chi connectivity index (χ1n) is 7.23. The molecule has 1 aromatic rings. The largest absolute Gasteiger partial charge is 0.334 e. The highest BCUT2D eigenvalue weighted by Gasteiger charge is 2.30. The number of carbonyl (C=O) groups excluding carboxylic acids is 1. The number of hydrogen-bond acceptors (Lipinski definition) is 4. The fourth-order valence-corrected chi connectivity index (χ4v) is 2.86. The molecule has 21 heavy (non-hydrogen) atoms. The van der Waals surface area contributed by atoms with Gasteiger partial charge in [0.05, 0.1) is 4.92 Å². The number of amides is 1. The van der Waals surface area contributed by atoms with Gasteiger partial charge in [0.2, 0.25) is 0 Å². The van der Waals surface area contributed by atoms with Gasteiger partial charge in [0.15, 0.2) is 0 Å². The SMILES string of the molecule is Cc1ccc(C(=O)N2CCCCC2C(C)N)cc1[N+](=O)[O-]. The zero-order chi connectivity index (χ0) is 15.6. The van der Waals surface area contributed by atoms with Crippen molar-refractivity contribution in [1.29, 1.82) is 0 Å². The van der Waals surface area contributed by atoms with Crippen LogP contribution in [-0.2, 0) is 0 Å². The molecule has 6 heteroatoms. The number of benzene rings is 1. The molecule has 2 unspecified atom stereocenters. The lowest BCUT2D eigenvalue weighted by atomic mass is 9.96. The van der Waals surface area contributed by atoms with Gasteiger partial charge in [-0.15, -0.1) is 0 Å². The first-order chi connectivity index (χ1) is 9.91. The maximum absolute atomic E-state index is 12.6. The van der Waals surface area contributed by atoms with Crippen LogP contribution in [0.5, 0.6) is 0 Å². The Kier molecular flexibility index (Phi) is 4.57. The lowest BCUT2D eigenvalue weighted by molar-refractivity contribution is -0.385. The van der Waals surface area contributed by atoms with E-state index in [0.29, 0.717) is 17.7 Å². The molecule has 2 N–H and O–H groups in total. The van der Waals surface area contributed by atoms with Gasteiger partial charge in [0, 0.05) is 35.8 Å². The Morgan fingerprint density at radius 2 is 2.19 bits per heavy atom. The highest BCUT2D eigenvalue weighted by atomic mass is 16.6. The van der Waals surface area contributed by atoms with Crippen LogP contribution < -0.4 is 5.73 Å². The van der Waals surface area contributed by atoms with Crippen molar-refractivity contribution in [3.63, 3.8) is 0 Å². The van der Waals surface area contributed by atoms with Crippen molar-refractivity contribution in [3.8, 4) is 0 Å². The van der Waals surface area contributed by atoms with E-state index in [1.54, 1.807) is 24.0 Å². The third-order valence-electron chi connectivity index (χ3n) is 4.07. The summed E-state index contributed by atoms with van der Waals surface area (Å²) >= 11 is 0. The fraction of sp³-hybridized carbons (Fsp3) is 0.533. The van der Waals surface area contributed by atoms with E-state index >= 15 is 0 Å². The monoisotopic (exact) mass is 291 g/mol. The van der Waals surface area contributed by atoms with Crippen LogP contribution in [0.15, 0.2) is 18.2 Å². The summed E-state index contributed by atoms with van der Waals surface area (Å²) in [6.07, 6.45) is 2.89. The van der Waals surface area contributed by atoms with Crippen molar-refractivity contribution in [1.82, 2.24) is 4.90 Å². The molecule has 2 atom stereocenters. The van der Waals surface area contributed by atoms with Crippen LogP contribution in [0.4, 0.5) is 5.69 Å². The number of nitro benzene ring substituents is 1. The molecule has 6 nitrogen and oxygen atoms in total. The van der Waals surface area contributed by atoms with Crippen LogP contribution in [0.3, 0.4) is 0 Å². The Hall–Kier alpha value is -1.95. The topological polar surface area (TPSA) is 89.5 Å². The van der Waals surface area contributed by atoms with Gasteiger partial charge in [-0.2, -0.15) is 0 Å². The Bertz CT molecular complexity index is 557. The van der Waals surface area contributed by atoms with Crippen molar-refractivity contribution in [2.24, 2.45) is 5.73 Å². The Balaban J connectivity index is 2.30. The summed E-state index contributed by atoms with van der Waals surface area (Å²) in [5.41, 5.74) is 6.87. The number of rotatable bonds is 3. The van der Waals surface area contributed by atoms with E-state index in [4.69, 9.17) is 5.73 Å². The van der Waals surface area contributed by atoms with Gasteiger partial charge in [-0.3, -0.25) is 14.9 Å². The molecule has 1 saturated heterocycles. The van der Waals surface area contributed by atoms with Crippen LogP contribution in [-0.4, -0.2) is 34.4 Å². The third-order valence-corrected chi connectivity index (χ3v) is 4.07. The van der Waals surface area contributed by atoms with E-state index in [0.717, 1.165) is 19.3 Å². The highest BCUT2D eigenvalue weighted by Crippen LogP contribution is 2.24. The third kappa shape index (κ3) is 3.21. The zero-order valence-corrected chi connectivity index (χ0v) is 12.4. The van der Waals surface area contributed by atoms with Crippen molar-refractivity contribution in [3.05, 3.63) is 39.4 Å². The highest BCUT2D eigenvalue weighted by molar-refractivity contribution is 5.95. The van der Waals surface area contributed by atoms with Crippen molar-refractivity contribution in [2.75, 3.05) is 6.54 Å². The van der Waals surface area contributed by atoms with Gasteiger partial charge in [-0.1, -0.05) is 6.07 Å². The van der Waals surface area contributed by atoms with Crippen LogP contribution in [0, 0.1) is 17.0 Å². The van der Waals surface area contributed by atoms with Gasteiger partial charge in [0.25, 0.3) is 11.6 Å². The van der Waals surface area contributed by atoms with Gasteiger partial charge >= 0.3 is 0 Å². The number of nitro groups is 1. The van der Waals surface area contributed by atoms with Gasteiger partial charge in [-0.25, -0.2) is 0 Å². The van der Waals surface area contributed by atoms with E-state index in [1.165, 1.54) is 6.07 Å². The molecular weight excluding hydrogens is 270 g/mol. The maximum Gasteiger partial charge on any atom is 0.273 e. The van der Waals surface area contributed by atoms with Crippen LogP contribution in [0.2, 0.25) is 0 Å². The molecule has 1 aliphatic heterocycles. The molecule has 0 radical (unpaired) electrons. The standard InChI is InChI=1S/C15H21N3O3/c1-10-6-7-12(9-14(10)18(20)21)15(19)17-8-4-3-5-13(17)11(2)16/h6-7,9,11,13H,3-5,8,16H2,1-2H3. The maximum atomic E-state index is 12.6. The minimum Gasteiger partial charge on any atom is -0.334 e. The van der Waals surface area contributed by atoms with Crippen LogP contribution in [0.25, 0.3) is 0 Å². The molecule has 1 aliphatic rings. The Labute approximate surface area is 124 Å². The molecule has 0 spiro atoms. The molecule has 0 bridgehead atoms. The summed E-state index contributed by atoms with van der Waals surface area (Å²) in [7, 11) is 0. The quantitative estimate of drug-likeness (QED) is 0.683. The molecule has 1 aromatic carbocycles. The number of nitrogens with two attached hydrogens (primary N) is 1. The molecular formula is C15H21N3O3. The second-order valence-electron chi connectivity index (χ2n) is 5.68. The van der Waals surface area contributed by atoms with Gasteiger partial charge in [0.1, 0.15) is 0 Å². The van der Waals surface area contributed by atoms with Crippen molar-refractivity contribution >= 4 is 11.6 Å². The summed E-state index contributed by atoms with van der Waals surface area (Å²) in [5, 5.41) is 11.0.